The minimum absolute atomic E-state index is 0.852. The lowest BCUT2D eigenvalue weighted by molar-refractivity contribution is 0.668. The maximum absolute atomic E-state index is 6.43. The predicted octanol–water partition coefficient (Wildman–Crippen LogP) is 15.1. The van der Waals surface area contributed by atoms with Crippen molar-refractivity contribution in [3.8, 4) is 33.4 Å². The van der Waals surface area contributed by atoms with E-state index in [1.165, 1.54) is 27.5 Å². The van der Waals surface area contributed by atoms with Crippen LogP contribution in [0, 0.1) is 0 Å². The van der Waals surface area contributed by atoms with Crippen molar-refractivity contribution in [1.29, 1.82) is 0 Å². The number of hydrogen-bond donors (Lipinski definition) is 0. The second kappa shape index (κ2) is 12.6. The molecule has 0 amide bonds. The molecule has 2 heterocycles. The number of anilines is 3. The van der Waals surface area contributed by atoms with E-state index in [0.29, 0.717) is 0 Å². The maximum Gasteiger partial charge on any atom is 0.137 e. The van der Waals surface area contributed by atoms with Gasteiger partial charge < -0.3 is 13.7 Å². The van der Waals surface area contributed by atoms with Gasteiger partial charge in [-0.2, -0.15) is 0 Å². The standard InChI is InChI=1S/C52H33NO2/c1-2-14-39-34(12-1)13-11-20-43(39)42-17-4-3-15-40(42)35-24-27-37(28-25-35)53(38-29-31-47-45-19-7-10-23-50(45)55-52(47)33-38)48-21-8-5-16-41(48)36-26-30-46-44-18-6-9-22-49(44)54-51(46)32-36/h1-33H. The van der Waals surface area contributed by atoms with Gasteiger partial charge in [-0.1, -0.05) is 140 Å². The molecule has 0 radical (unpaired) electrons. The Morgan fingerprint density at radius 2 is 0.800 bits per heavy atom. The van der Waals surface area contributed by atoms with Gasteiger partial charge in [0.25, 0.3) is 0 Å². The summed E-state index contributed by atoms with van der Waals surface area (Å²) >= 11 is 0. The molecule has 0 N–H and O–H groups in total. The van der Waals surface area contributed by atoms with Crippen LogP contribution in [0.5, 0.6) is 0 Å². The third kappa shape index (κ3) is 5.20. The number of benzene rings is 9. The highest BCUT2D eigenvalue weighted by molar-refractivity contribution is 6.08. The normalized spacial score (nSPS) is 11.6. The molecule has 0 spiro atoms. The summed E-state index contributed by atoms with van der Waals surface area (Å²) in [4.78, 5) is 2.34. The highest BCUT2D eigenvalue weighted by Crippen LogP contribution is 2.45. The highest BCUT2D eigenvalue weighted by atomic mass is 16.3. The molecule has 0 aliphatic rings. The Balaban J connectivity index is 1.07. The Morgan fingerprint density at radius 3 is 1.56 bits per heavy atom. The zero-order chi connectivity index (χ0) is 36.3. The Hall–Kier alpha value is -7.36. The number of hydrogen-bond acceptors (Lipinski definition) is 3. The van der Waals surface area contributed by atoms with Crippen molar-refractivity contribution >= 4 is 71.7 Å². The van der Waals surface area contributed by atoms with Crippen LogP contribution in [0.2, 0.25) is 0 Å². The molecule has 9 aromatic carbocycles. The first kappa shape index (κ1) is 31.2. The molecule has 0 fully saturated rings. The quantitative estimate of drug-likeness (QED) is 0.173. The molecule has 0 unspecified atom stereocenters. The summed E-state index contributed by atoms with van der Waals surface area (Å²) in [5.41, 5.74) is 13.6. The van der Waals surface area contributed by atoms with E-state index in [1.807, 2.05) is 24.3 Å². The first-order chi connectivity index (χ1) is 27.3. The lowest BCUT2D eigenvalue weighted by Crippen LogP contribution is -2.11. The number of rotatable bonds is 6. The van der Waals surface area contributed by atoms with Crippen LogP contribution in [-0.4, -0.2) is 0 Å². The molecular weight excluding hydrogens is 671 g/mol. The molecular formula is C52H33NO2. The second-order valence-corrected chi connectivity index (χ2v) is 14.1. The van der Waals surface area contributed by atoms with E-state index >= 15 is 0 Å². The van der Waals surface area contributed by atoms with Crippen molar-refractivity contribution in [1.82, 2.24) is 0 Å². The molecule has 0 atom stereocenters. The molecule has 2 aromatic heterocycles. The highest BCUT2D eigenvalue weighted by Gasteiger charge is 2.20. The average Bonchev–Trinajstić information content (AvgIpc) is 3.82. The summed E-state index contributed by atoms with van der Waals surface area (Å²) in [5.74, 6) is 0. The van der Waals surface area contributed by atoms with E-state index in [0.717, 1.165) is 77.6 Å². The van der Waals surface area contributed by atoms with Gasteiger partial charge in [0, 0.05) is 44.5 Å². The van der Waals surface area contributed by atoms with Crippen LogP contribution in [0.1, 0.15) is 0 Å². The first-order valence-electron chi connectivity index (χ1n) is 18.7. The van der Waals surface area contributed by atoms with Crippen LogP contribution >= 0.6 is 0 Å². The molecule has 0 bridgehead atoms. The van der Waals surface area contributed by atoms with Crippen molar-refractivity contribution < 1.29 is 8.83 Å². The summed E-state index contributed by atoms with van der Waals surface area (Å²) in [7, 11) is 0. The van der Waals surface area contributed by atoms with E-state index in [1.54, 1.807) is 0 Å². The third-order valence-corrected chi connectivity index (χ3v) is 10.9. The summed E-state index contributed by atoms with van der Waals surface area (Å²) in [5, 5.41) is 6.94. The minimum Gasteiger partial charge on any atom is -0.456 e. The molecule has 11 aromatic rings. The Kier molecular flexibility index (Phi) is 7.17. The molecule has 0 saturated carbocycles. The SMILES string of the molecule is c1ccc(-c2cccc3ccccc23)c(-c2ccc(N(c3ccc4c(c3)oc3ccccc34)c3ccccc3-c3ccc4c(c3)oc3ccccc34)cc2)c1. The lowest BCUT2D eigenvalue weighted by Gasteiger charge is -2.28. The van der Waals surface area contributed by atoms with Gasteiger partial charge in [0.1, 0.15) is 22.3 Å². The van der Waals surface area contributed by atoms with Crippen molar-refractivity contribution in [2.24, 2.45) is 0 Å². The van der Waals surface area contributed by atoms with Crippen molar-refractivity contribution in [2.45, 2.75) is 0 Å². The summed E-state index contributed by atoms with van der Waals surface area (Å²) < 4.78 is 12.8. The Bertz CT molecular complexity index is 3220. The molecule has 3 nitrogen and oxygen atoms in total. The molecule has 0 aliphatic carbocycles. The lowest BCUT2D eigenvalue weighted by atomic mass is 9.91. The molecule has 0 saturated heterocycles. The Labute approximate surface area is 317 Å². The zero-order valence-electron chi connectivity index (χ0n) is 29.8. The van der Waals surface area contributed by atoms with Gasteiger partial charge in [0.2, 0.25) is 0 Å². The van der Waals surface area contributed by atoms with Crippen LogP contribution in [0.15, 0.2) is 209 Å². The molecule has 0 aliphatic heterocycles. The number of fused-ring (bicyclic) bond motifs is 7. The second-order valence-electron chi connectivity index (χ2n) is 14.1. The van der Waals surface area contributed by atoms with Crippen LogP contribution < -0.4 is 4.90 Å². The smallest absolute Gasteiger partial charge is 0.137 e. The summed E-state index contributed by atoms with van der Waals surface area (Å²) in [6.45, 7) is 0. The topological polar surface area (TPSA) is 29.5 Å². The third-order valence-electron chi connectivity index (χ3n) is 10.9. The van der Waals surface area contributed by atoms with Gasteiger partial charge in [-0.3, -0.25) is 0 Å². The van der Waals surface area contributed by atoms with Crippen LogP contribution in [0.4, 0.5) is 17.1 Å². The maximum atomic E-state index is 6.43. The summed E-state index contributed by atoms with van der Waals surface area (Å²) in [6.07, 6.45) is 0. The van der Waals surface area contributed by atoms with Crippen molar-refractivity contribution in [3.63, 3.8) is 0 Å². The monoisotopic (exact) mass is 703 g/mol. The van der Waals surface area contributed by atoms with E-state index in [2.05, 4.69) is 181 Å². The van der Waals surface area contributed by atoms with Gasteiger partial charge >= 0.3 is 0 Å². The van der Waals surface area contributed by atoms with Gasteiger partial charge in [-0.25, -0.2) is 0 Å². The predicted molar refractivity (Wildman–Crippen MR) is 229 cm³/mol. The van der Waals surface area contributed by atoms with E-state index in [9.17, 15) is 0 Å². The van der Waals surface area contributed by atoms with Gasteiger partial charge in [0.15, 0.2) is 0 Å². The average molecular weight is 704 g/mol. The minimum atomic E-state index is 0.852. The van der Waals surface area contributed by atoms with E-state index in [-0.39, 0.29) is 0 Å². The zero-order valence-corrected chi connectivity index (χ0v) is 29.8. The number of para-hydroxylation sites is 3. The van der Waals surface area contributed by atoms with Crippen LogP contribution in [0.25, 0.3) is 88.0 Å². The molecule has 258 valence electrons. The van der Waals surface area contributed by atoms with Crippen molar-refractivity contribution in [3.05, 3.63) is 200 Å². The molecule has 55 heavy (non-hydrogen) atoms. The fourth-order valence-corrected chi connectivity index (χ4v) is 8.31. The van der Waals surface area contributed by atoms with E-state index < -0.39 is 0 Å². The van der Waals surface area contributed by atoms with Gasteiger partial charge in [-0.15, -0.1) is 0 Å². The van der Waals surface area contributed by atoms with E-state index in [4.69, 9.17) is 8.83 Å². The van der Waals surface area contributed by atoms with Gasteiger partial charge in [0.05, 0.1) is 5.69 Å². The fraction of sp³-hybridized carbons (Fsp3) is 0. The van der Waals surface area contributed by atoms with Crippen LogP contribution in [0.3, 0.4) is 0 Å². The summed E-state index contributed by atoms with van der Waals surface area (Å²) in [6, 6.07) is 71.0. The number of furan rings is 2. The van der Waals surface area contributed by atoms with Crippen LogP contribution in [-0.2, 0) is 0 Å². The largest absolute Gasteiger partial charge is 0.456 e. The number of nitrogens with zero attached hydrogens (tertiary/aromatic N) is 1. The van der Waals surface area contributed by atoms with Crippen molar-refractivity contribution in [2.75, 3.05) is 4.90 Å². The van der Waals surface area contributed by atoms with Gasteiger partial charge in [-0.05, 0) is 93.2 Å². The molecule has 11 rings (SSSR count). The first-order valence-corrected chi connectivity index (χ1v) is 18.7. The Morgan fingerprint density at radius 1 is 0.291 bits per heavy atom. The molecule has 3 heteroatoms. The fourth-order valence-electron chi connectivity index (χ4n) is 8.31.